The van der Waals surface area contributed by atoms with Crippen LogP contribution in [0.5, 0.6) is 5.75 Å². The first-order valence-corrected chi connectivity index (χ1v) is 9.96. The maximum absolute atomic E-state index is 13.5. The SMILES string of the molecule is CC(C)Oc1ccc(CN2CCC[C@H](c3cc(C(F)F)n4ncnc4n3)C2)cc1. The predicted molar refractivity (Wildman–Crippen MR) is 105 cm³/mol. The maximum Gasteiger partial charge on any atom is 0.280 e. The van der Waals surface area contributed by atoms with E-state index in [-0.39, 0.29) is 23.5 Å². The molecule has 1 fully saturated rings. The van der Waals surface area contributed by atoms with Crippen LogP contribution in [0.1, 0.15) is 56.0 Å². The molecule has 0 bridgehead atoms. The summed E-state index contributed by atoms with van der Waals surface area (Å²) in [7, 11) is 0. The number of alkyl halides is 2. The fraction of sp³-hybridized carbons (Fsp3) is 0.476. The van der Waals surface area contributed by atoms with Crippen LogP contribution >= 0.6 is 0 Å². The number of hydrogen-bond acceptors (Lipinski definition) is 5. The van der Waals surface area contributed by atoms with Crippen LogP contribution in [0.25, 0.3) is 5.78 Å². The quantitative estimate of drug-likeness (QED) is 0.619. The fourth-order valence-electron chi connectivity index (χ4n) is 3.86. The van der Waals surface area contributed by atoms with Gasteiger partial charge in [-0.1, -0.05) is 12.1 Å². The van der Waals surface area contributed by atoms with Crippen LogP contribution in [0.15, 0.2) is 36.7 Å². The summed E-state index contributed by atoms with van der Waals surface area (Å²) in [6.45, 7) is 6.59. The van der Waals surface area contributed by atoms with Gasteiger partial charge in [0.1, 0.15) is 17.8 Å². The minimum Gasteiger partial charge on any atom is -0.491 e. The van der Waals surface area contributed by atoms with E-state index in [4.69, 9.17) is 4.74 Å². The first-order chi connectivity index (χ1) is 14.0. The molecule has 1 saturated heterocycles. The van der Waals surface area contributed by atoms with Crippen LogP contribution in [-0.4, -0.2) is 43.7 Å². The molecular formula is C21H25F2N5O. The van der Waals surface area contributed by atoms with Gasteiger partial charge in [-0.15, -0.1) is 0 Å². The minimum atomic E-state index is -2.62. The normalized spacial score (nSPS) is 18.1. The third kappa shape index (κ3) is 4.53. The fourth-order valence-corrected chi connectivity index (χ4v) is 3.86. The van der Waals surface area contributed by atoms with Gasteiger partial charge in [-0.3, -0.25) is 4.90 Å². The van der Waals surface area contributed by atoms with Crippen molar-refractivity contribution in [3.63, 3.8) is 0 Å². The summed E-state index contributed by atoms with van der Waals surface area (Å²) in [5.74, 6) is 1.20. The van der Waals surface area contributed by atoms with Crippen LogP contribution < -0.4 is 4.74 Å². The summed E-state index contributed by atoms with van der Waals surface area (Å²) >= 11 is 0. The topological polar surface area (TPSA) is 55.6 Å². The van der Waals surface area contributed by atoms with Gasteiger partial charge in [-0.25, -0.2) is 13.8 Å². The van der Waals surface area contributed by atoms with Crippen molar-refractivity contribution in [2.45, 2.75) is 51.7 Å². The zero-order chi connectivity index (χ0) is 20.4. The molecule has 3 aromatic rings. The summed E-state index contributed by atoms with van der Waals surface area (Å²) in [5.41, 5.74) is 1.72. The maximum atomic E-state index is 13.5. The zero-order valence-corrected chi connectivity index (χ0v) is 16.6. The molecule has 2 aromatic heterocycles. The molecule has 4 rings (SSSR count). The molecule has 29 heavy (non-hydrogen) atoms. The average Bonchev–Trinajstić information content (AvgIpc) is 3.17. The van der Waals surface area contributed by atoms with Crippen molar-refractivity contribution in [3.05, 3.63) is 53.6 Å². The summed E-state index contributed by atoms with van der Waals surface area (Å²) in [4.78, 5) is 10.9. The second kappa shape index (κ2) is 8.41. The number of fused-ring (bicyclic) bond motifs is 1. The minimum absolute atomic E-state index is 0.103. The molecule has 6 nitrogen and oxygen atoms in total. The first-order valence-electron chi connectivity index (χ1n) is 9.96. The van der Waals surface area contributed by atoms with E-state index >= 15 is 0 Å². The van der Waals surface area contributed by atoms with Gasteiger partial charge in [0.05, 0.1) is 11.8 Å². The van der Waals surface area contributed by atoms with Crippen LogP contribution in [0.2, 0.25) is 0 Å². The van der Waals surface area contributed by atoms with E-state index in [1.54, 1.807) is 0 Å². The Bertz CT molecular complexity index is 957. The number of aromatic nitrogens is 4. The van der Waals surface area contributed by atoms with Gasteiger partial charge in [0.25, 0.3) is 12.2 Å². The third-order valence-electron chi connectivity index (χ3n) is 5.15. The molecule has 0 unspecified atom stereocenters. The van der Waals surface area contributed by atoms with Crippen LogP contribution in [0.3, 0.4) is 0 Å². The number of rotatable bonds is 6. The van der Waals surface area contributed by atoms with Gasteiger partial charge in [0.15, 0.2) is 0 Å². The van der Waals surface area contributed by atoms with Crippen LogP contribution in [-0.2, 0) is 6.54 Å². The molecule has 0 N–H and O–H groups in total. The molecule has 1 aliphatic rings. The predicted octanol–water partition coefficient (Wildman–Crippen LogP) is 4.23. The number of benzene rings is 1. The molecule has 1 aromatic carbocycles. The van der Waals surface area contributed by atoms with E-state index in [9.17, 15) is 8.78 Å². The molecular weight excluding hydrogens is 376 g/mol. The highest BCUT2D eigenvalue weighted by Crippen LogP contribution is 2.29. The lowest BCUT2D eigenvalue weighted by molar-refractivity contribution is 0.142. The van der Waals surface area contributed by atoms with E-state index < -0.39 is 6.43 Å². The Labute approximate surface area is 168 Å². The van der Waals surface area contributed by atoms with Gasteiger partial charge in [0, 0.05) is 19.0 Å². The molecule has 1 aliphatic heterocycles. The van der Waals surface area contributed by atoms with Gasteiger partial charge in [-0.2, -0.15) is 14.6 Å². The highest BCUT2D eigenvalue weighted by atomic mass is 19.3. The molecule has 0 aliphatic carbocycles. The van der Waals surface area contributed by atoms with Crippen molar-refractivity contribution in [3.8, 4) is 5.75 Å². The van der Waals surface area contributed by atoms with Gasteiger partial charge < -0.3 is 4.74 Å². The standard InChI is InChI=1S/C21H25F2N5O/c1-14(2)29-17-7-5-15(6-8-17)11-27-9-3-4-16(12-27)18-10-19(20(22)23)28-21(26-18)24-13-25-28/h5-8,10,13-14,16,20H,3-4,9,11-12H2,1-2H3/t16-/m0/s1. The average molecular weight is 401 g/mol. The number of nitrogens with zero attached hydrogens (tertiary/aromatic N) is 5. The number of ether oxygens (including phenoxy) is 1. The van der Waals surface area contributed by atoms with Crippen molar-refractivity contribution in [1.82, 2.24) is 24.5 Å². The van der Waals surface area contributed by atoms with Crippen molar-refractivity contribution < 1.29 is 13.5 Å². The lowest BCUT2D eigenvalue weighted by Gasteiger charge is -2.32. The van der Waals surface area contributed by atoms with E-state index in [0.29, 0.717) is 5.69 Å². The Hall–Kier alpha value is -2.61. The second-order valence-corrected chi connectivity index (χ2v) is 7.76. The van der Waals surface area contributed by atoms with Gasteiger partial charge in [0.2, 0.25) is 0 Å². The van der Waals surface area contributed by atoms with Crippen molar-refractivity contribution >= 4 is 5.78 Å². The molecule has 3 heterocycles. The number of halogens is 2. The van der Waals surface area contributed by atoms with Crippen LogP contribution in [0, 0.1) is 0 Å². The number of hydrogen-bond donors (Lipinski definition) is 0. The van der Waals surface area contributed by atoms with Crippen molar-refractivity contribution in [1.29, 1.82) is 0 Å². The summed E-state index contributed by atoms with van der Waals surface area (Å²) < 4.78 is 33.7. The Balaban J connectivity index is 1.48. The van der Waals surface area contributed by atoms with Crippen LogP contribution in [0.4, 0.5) is 8.78 Å². The Morgan fingerprint density at radius 3 is 2.72 bits per heavy atom. The van der Waals surface area contributed by atoms with Gasteiger partial charge >= 0.3 is 0 Å². The Morgan fingerprint density at radius 2 is 2.00 bits per heavy atom. The molecule has 154 valence electrons. The lowest BCUT2D eigenvalue weighted by Crippen LogP contribution is -2.34. The molecule has 0 saturated carbocycles. The lowest BCUT2D eigenvalue weighted by atomic mass is 9.93. The number of likely N-dealkylation sites (tertiary alicyclic amines) is 1. The Kier molecular flexibility index (Phi) is 5.71. The van der Waals surface area contributed by atoms with Crippen molar-refractivity contribution in [2.24, 2.45) is 0 Å². The number of piperidine rings is 1. The van der Waals surface area contributed by atoms with Crippen molar-refractivity contribution in [2.75, 3.05) is 13.1 Å². The summed E-state index contributed by atoms with van der Waals surface area (Å²) in [6, 6.07) is 9.63. The summed E-state index contributed by atoms with van der Waals surface area (Å²) in [6.07, 6.45) is 0.724. The third-order valence-corrected chi connectivity index (χ3v) is 5.15. The van der Waals surface area contributed by atoms with E-state index in [2.05, 4.69) is 32.1 Å². The first kappa shape index (κ1) is 19.7. The van der Waals surface area contributed by atoms with E-state index in [1.165, 1.54) is 18.0 Å². The van der Waals surface area contributed by atoms with E-state index in [1.807, 2.05) is 26.0 Å². The van der Waals surface area contributed by atoms with Gasteiger partial charge in [-0.05, 0) is 57.0 Å². The smallest absolute Gasteiger partial charge is 0.280 e. The summed E-state index contributed by atoms with van der Waals surface area (Å²) in [5, 5.41) is 3.86. The zero-order valence-electron chi connectivity index (χ0n) is 16.6. The monoisotopic (exact) mass is 401 g/mol. The largest absolute Gasteiger partial charge is 0.491 e. The molecule has 1 atom stereocenters. The molecule has 0 radical (unpaired) electrons. The highest BCUT2D eigenvalue weighted by Gasteiger charge is 2.25. The molecule has 0 amide bonds. The second-order valence-electron chi connectivity index (χ2n) is 7.76. The van der Waals surface area contributed by atoms with E-state index in [0.717, 1.165) is 42.7 Å². The molecule has 0 spiro atoms. The Morgan fingerprint density at radius 1 is 1.21 bits per heavy atom. The highest BCUT2D eigenvalue weighted by molar-refractivity contribution is 5.32. The molecule has 8 heteroatoms.